The van der Waals surface area contributed by atoms with E-state index in [2.05, 4.69) is 25.8 Å². The van der Waals surface area contributed by atoms with Gasteiger partial charge in [0.25, 0.3) is 11.8 Å². The van der Waals surface area contributed by atoms with Gasteiger partial charge < -0.3 is 21.4 Å². The van der Waals surface area contributed by atoms with Crippen LogP contribution in [0.25, 0.3) is 0 Å². The lowest BCUT2D eigenvalue weighted by Gasteiger charge is -2.50. The number of carbonyl (C=O) groups excluding carboxylic acids is 2. The molecule has 2 aliphatic rings. The molecule has 2 aliphatic heterocycles. The van der Waals surface area contributed by atoms with E-state index >= 15 is 0 Å². The molecule has 174 valence electrons. The van der Waals surface area contributed by atoms with Crippen molar-refractivity contribution in [3.63, 3.8) is 0 Å². The van der Waals surface area contributed by atoms with Crippen molar-refractivity contribution < 1.29 is 24.7 Å². The number of oxime groups is 1. The molecular weight excluding hydrogens is 492 g/mol. The highest BCUT2D eigenvalue weighted by molar-refractivity contribution is 8.17. The fourth-order valence-electron chi connectivity index (χ4n) is 3.56. The molecule has 33 heavy (non-hydrogen) atoms. The van der Waals surface area contributed by atoms with Gasteiger partial charge in [-0.05, 0) is 12.8 Å². The number of fused-ring (bicyclic) bond motifs is 1. The number of nitrogens with two attached hydrogens (primary N) is 1. The first-order valence-corrected chi connectivity index (χ1v) is 12.3. The van der Waals surface area contributed by atoms with E-state index in [9.17, 15) is 24.7 Å². The number of aryl methyl sites for hydroxylation is 1. The van der Waals surface area contributed by atoms with E-state index in [4.69, 9.17) is 5.73 Å². The maximum absolute atomic E-state index is 12.8. The predicted octanol–water partition coefficient (Wildman–Crippen LogP) is 0.301. The number of nitrogen functional groups attached to an aromatic ring is 1. The Kier molecular flexibility index (Phi) is 6.57. The van der Waals surface area contributed by atoms with Crippen LogP contribution in [0.15, 0.2) is 32.4 Å². The number of nitrogens with zero attached hydrogens (tertiary/aromatic N) is 6. The summed E-state index contributed by atoms with van der Waals surface area (Å²) in [5.41, 5.74) is 5.18. The number of carbonyl (C=O) groups is 3. The van der Waals surface area contributed by atoms with Gasteiger partial charge in [-0.1, -0.05) is 22.1 Å². The van der Waals surface area contributed by atoms with Crippen molar-refractivity contribution in [1.29, 1.82) is 0 Å². The van der Waals surface area contributed by atoms with E-state index in [0.29, 0.717) is 22.8 Å². The lowest BCUT2D eigenvalue weighted by atomic mass is 9.86. The molecular formula is C17H18N8O5S3. The summed E-state index contributed by atoms with van der Waals surface area (Å²) in [5.74, 6) is -2.55. The number of aromatic nitrogens is 4. The zero-order chi connectivity index (χ0) is 23.7. The molecule has 0 unspecified atom stereocenters. The third-order valence-corrected chi connectivity index (χ3v) is 8.10. The van der Waals surface area contributed by atoms with Gasteiger partial charge >= 0.3 is 5.97 Å². The van der Waals surface area contributed by atoms with E-state index < -0.39 is 29.9 Å². The van der Waals surface area contributed by atoms with Crippen molar-refractivity contribution in [3.8, 4) is 0 Å². The monoisotopic (exact) mass is 510 g/mol. The first-order valence-electron chi connectivity index (χ1n) is 9.46. The minimum atomic E-state index is -1.21. The minimum Gasteiger partial charge on any atom is -0.477 e. The molecule has 2 aromatic rings. The van der Waals surface area contributed by atoms with Crippen molar-refractivity contribution in [3.05, 3.63) is 27.9 Å². The molecule has 0 radical (unpaired) electrons. The molecule has 0 aromatic carbocycles. The van der Waals surface area contributed by atoms with E-state index in [1.54, 1.807) is 17.9 Å². The van der Waals surface area contributed by atoms with E-state index in [1.165, 1.54) is 33.8 Å². The molecule has 0 spiro atoms. The summed E-state index contributed by atoms with van der Waals surface area (Å²) >= 11 is 3.87. The van der Waals surface area contributed by atoms with Gasteiger partial charge in [0.05, 0.1) is 12.2 Å². The second kappa shape index (κ2) is 9.40. The normalized spacial score (nSPS) is 20.5. The number of thiazole rings is 1. The average molecular weight is 511 g/mol. The Morgan fingerprint density at radius 2 is 2.21 bits per heavy atom. The summed E-state index contributed by atoms with van der Waals surface area (Å²) in [6, 6.07) is -1.44. The largest absolute Gasteiger partial charge is 0.477 e. The Morgan fingerprint density at radius 3 is 2.82 bits per heavy atom. The molecule has 13 nitrogen and oxygen atoms in total. The molecule has 4 heterocycles. The SMILES string of the molecule is Cn1nncc1SCSC1=C(C(=O)O)N2C(=O)[C@@H](NC(=O)/C(=N\O)c3csc(N)n3)[C@H]2CC1. The maximum atomic E-state index is 12.8. The Hall–Kier alpha value is -3.11. The Balaban J connectivity index is 1.44. The van der Waals surface area contributed by atoms with Crippen molar-refractivity contribution in [2.24, 2.45) is 12.2 Å². The zero-order valence-corrected chi connectivity index (χ0v) is 19.5. The van der Waals surface area contributed by atoms with Gasteiger partial charge in [0, 0.05) is 22.4 Å². The number of allylic oxidation sites excluding steroid dienone is 1. The van der Waals surface area contributed by atoms with Crippen molar-refractivity contribution in [2.75, 3.05) is 10.8 Å². The Morgan fingerprint density at radius 1 is 1.42 bits per heavy atom. The van der Waals surface area contributed by atoms with Crippen LogP contribution in [-0.4, -0.2) is 75.9 Å². The van der Waals surface area contributed by atoms with Crippen LogP contribution in [0.2, 0.25) is 0 Å². The van der Waals surface area contributed by atoms with Crippen molar-refractivity contribution in [2.45, 2.75) is 30.0 Å². The molecule has 2 atom stereocenters. The van der Waals surface area contributed by atoms with Crippen LogP contribution < -0.4 is 11.1 Å². The molecule has 0 saturated carbocycles. The fourth-order valence-corrected chi connectivity index (χ4v) is 6.33. The summed E-state index contributed by atoms with van der Waals surface area (Å²) in [7, 11) is 1.76. The maximum Gasteiger partial charge on any atom is 0.353 e. The number of anilines is 1. The standard InChI is InChI=1S/C17H18N8O5S3/c1-24-10(4-19-23-24)33-6-32-9-3-2-8-12(15(27)25(8)13(9)16(28)29)21-14(26)11(22-30)7-5-31-17(18)20-7/h4-5,8,12,30H,2-3,6H2,1H3,(H2,18,20)(H,21,26)(H,28,29)/b22-11-/t8-,12+/m1/s1. The number of thioether (sulfide) groups is 2. The van der Waals surface area contributed by atoms with Crippen LogP contribution in [0, 0.1) is 0 Å². The van der Waals surface area contributed by atoms with Crippen LogP contribution in [0.3, 0.4) is 0 Å². The van der Waals surface area contributed by atoms with Gasteiger partial charge in [-0.2, -0.15) is 0 Å². The molecule has 2 aromatic heterocycles. The van der Waals surface area contributed by atoms with Crippen molar-refractivity contribution >= 4 is 63.5 Å². The van der Waals surface area contributed by atoms with Gasteiger partial charge in [-0.3, -0.25) is 14.5 Å². The Bertz CT molecular complexity index is 1180. The van der Waals surface area contributed by atoms with Crippen LogP contribution in [0.1, 0.15) is 18.5 Å². The summed E-state index contributed by atoms with van der Waals surface area (Å²) in [6.07, 6.45) is 2.54. The zero-order valence-electron chi connectivity index (χ0n) is 17.0. The van der Waals surface area contributed by atoms with Gasteiger partial charge in [-0.25, -0.2) is 14.5 Å². The summed E-state index contributed by atoms with van der Waals surface area (Å²) in [6.45, 7) is 0. The van der Waals surface area contributed by atoms with E-state index in [0.717, 1.165) is 16.4 Å². The smallest absolute Gasteiger partial charge is 0.353 e. The molecule has 1 fully saturated rings. The van der Waals surface area contributed by atoms with Gasteiger partial charge in [-0.15, -0.1) is 28.2 Å². The first kappa shape index (κ1) is 23.1. The van der Waals surface area contributed by atoms with Crippen molar-refractivity contribution in [1.82, 2.24) is 30.2 Å². The minimum absolute atomic E-state index is 0.0706. The van der Waals surface area contributed by atoms with Gasteiger partial charge in [0.2, 0.25) is 0 Å². The highest BCUT2D eigenvalue weighted by Gasteiger charge is 2.53. The highest BCUT2D eigenvalue weighted by Crippen LogP contribution is 2.42. The van der Waals surface area contributed by atoms with Gasteiger partial charge in [0.15, 0.2) is 10.8 Å². The summed E-state index contributed by atoms with van der Waals surface area (Å²) in [4.78, 5) is 43.0. The molecule has 2 amide bonds. The van der Waals surface area contributed by atoms with Crippen LogP contribution in [0.4, 0.5) is 5.13 Å². The molecule has 5 N–H and O–H groups in total. The first-order chi connectivity index (χ1) is 15.8. The molecule has 16 heteroatoms. The van der Waals surface area contributed by atoms with E-state index in [1.807, 2.05) is 0 Å². The topological polar surface area (TPSA) is 189 Å². The number of aliphatic carboxylic acids is 1. The highest BCUT2D eigenvalue weighted by atomic mass is 32.2. The molecule has 4 rings (SSSR count). The summed E-state index contributed by atoms with van der Waals surface area (Å²) < 4.78 is 1.62. The third kappa shape index (κ3) is 4.40. The number of amides is 2. The Labute approximate surface area is 199 Å². The second-order valence-corrected chi connectivity index (χ2v) is 10.3. The molecule has 1 saturated heterocycles. The number of carboxylic acids is 1. The van der Waals surface area contributed by atoms with Crippen LogP contribution in [-0.2, 0) is 21.4 Å². The van der Waals surface area contributed by atoms with E-state index in [-0.39, 0.29) is 22.2 Å². The lowest BCUT2D eigenvalue weighted by Crippen LogP contribution is -2.72. The lowest BCUT2D eigenvalue weighted by molar-refractivity contribution is -0.155. The average Bonchev–Trinajstić information content (AvgIpc) is 3.39. The number of hydrogen-bond donors (Lipinski definition) is 4. The number of nitrogens with one attached hydrogen (secondary N) is 1. The van der Waals surface area contributed by atoms with Crippen LogP contribution >= 0.6 is 34.9 Å². The number of rotatable bonds is 8. The number of hydrogen-bond acceptors (Lipinski definition) is 12. The van der Waals surface area contributed by atoms with Gasteiger partial charge in [0.1, 0.15) is 22.5 Å². The molecule has 0 aliphatic carbocycles. The quantitative estimate of drug-likeness (QED) is 0.0954. The summed E-state index contributed by atoms with van der Waals surface area (Å²) in [5, 5.41) is 35.1. The third-order valence-electron chi connectivity index (χ3n) is 5.07. The fraction of sp³-hybridized carbons (Fsp3) is 0.353. The van der Waals surface area contributed by atoms with Crippen LogP contribution in [0.5, 0.6) is 0 Å². The number of carboxylic acid groups (broad SMARTS) is 1. The molecule has 0 bridgehead atoms. The predicted molar refractivity (Wildman–Crippen MR) is 121 cm³/mol. The second-order valence-electron chi connectivity index (χ2n) is 6.96. The number of β-lactam (4-membered cyclic amide) rings is 1.